The van der Waals surface area contributed by atoms with E-state index in [1.807, 2.05) is 12.4 Å². The first-order valence-electron chi connectivity index (χ1n) is 6.49. The van der Waals surface area contributed by atoms with Crippen molar-refractivity contribution in [2.45, 2.75) is 20.8 Å². The lowest BCUT2D eigenvalue weighted by Crippen LogP contribution is -2.30. The summed E-state index contributed by atoms with van der Waals surface area (Å²) in [5.74, 6) is 1.21. The van der Waals surface area contributed by atoms with Crippen LogP contribution >= 0.6 is 0 Å². The van der Waals surface area contributed by atoms with Crippen molar-refractivity contribution >= 4 is 11.0 Å². The monoisotopic (exact) mass is 252 g/mol. The molecule has 3 rings (SSSR count). The Morgan fingerprint density at radius 1 is 1.05 bits per heavy atom. The first-order valence-corrected chi connectivity index (χ1v) is 6.49. The van der Waals surface area contributed by atoms with Gasteiger partial charge < -0.3 is 0 Å². The number of hydrogen-bond donors (Lipinski definition) is 0. The quantitative estimate of drug-likeness (QED) is 0.610. The first kappa shape index (κ1) is 11.9. The summed E-state index contributed by atoms with van der Waals surface area (Å²) in [5.41, 5.74) is 6.18. The van der Waals surface area contributed by atoms with Crippen molar-refractivity contribution in [2.24, 2.45) is 7.05 Å². The SMILES string of the molecule is Cc1cccc(C)c1-n1c(C)[n+](C)c2ccncc21. The van der Waals surface area contributed by atoms with Crippen LogP contribution in [0.2, 0.25) is 0 Å². The highest BCUT2D eigenvalue weighted by Crippen LogP contribution is 2.24. The maximum Gasteiger partial charge on any atom is 0.259 e. The Bertz CT molecular complexity index is 749. The third-order valence-corrected chi connectivity index (χ3v) is 3.85. The number of pyridine rings is 1. The van der Waals surface area contributed by atoms with E-state index in [1.165, 1.54) is 28.2 Å². The Kier molecular flexibility index (Phi) is 2.63. The van der Waals surface area contributed by atoms with E-state index in [-0.39, 0.29) is 0 Å². The van der Waals surface area contributed by atoms with Gasteiger partial charge in [0, 0.05) is 19.2 Å². The van der Waals surface area contributed by atoms with Crippen LogP contribution in [-0.2, 0) is 7.05 Å². The zero-order valence-electron chi connectivity index (χ0n) is 11.8. The van der Waals surface area contributed by atoms with Crippen molar-refractivity contribution in [3.05, 3.63) is 53.6 Å². The second-order valence-electron chi connectivity index (χ2n) is 5.05. The van der Waals surface area contributed by atoms with Gasteiger partial charge in [-0.3, -0.25) is 4.98 Å². The van der Waals surface area contributed by atoms with Crippen molar-refractivity contribution < 1.29 is 4.57 Å². The van der Waals surface area contributed by atoms with Gasteiger partial charge in [0.2, 0.25) is 0 Å². The molecule has 0 atom stereocenters. The summed E-state index contributed by atoms with van der Waals surface area (Å²) in [7, 11) is 2.10. The van der Waals surface area contributed by atoms with Crippen molar-refractivity contribution in [3.63, 3.8) is 0 Å². The van der Waals surface area contributed by atoms with Gasteiger partial charge in [-0.1, -0.05) is 18.2 Å². The molecule has 0 saturated heterocycles. The van der Waals surface area contributed by atoms with Gasteiger partial charge >= 0.3 is 0 Å². The lowest BCUT2D eigenvalue weighted by Gasteiger charge is -2.07. The third kappa shape index (κ3) is 1.65. The molecule has 1 aromatic carbocycles. The predicted molar refractivity (Wildman–Crippen MR) is 76.5 cm³/mol. The summed E-state index contributed by atoms with van der Waals surface area (Å²) < 4.78 is 4.51. The number of rotatable bonds is 1. The Morgan fingerprint density at radius 2 is 1.74 bits per heavy atom. The Morgan fingerprint density at radius 3 is 2.42 bits per heavy atom. The van der Waals surface area contributed by atoms with Gasteiger partial charge in [0.05, 0.1) is 13.2 Å². The topological polar surface area (TPSA) is 21.7 Å². The number of imidazole rings is 1. The fraction of sp³-hybridized carbons (Fsp3) is 0.250. The van der Waals surface area contributed by atoms with Crippen molar-refractivity contribution in [1.29, 1.82) is 0 Å². The predicted octanol–water partition coefficient (Wildman–Crippen LogP) is 2.78. The van der Waals surface area contributed by atoms with E-state index in [0.717, 1.165) is 5.52 Å². The molecular weight excluding hydrogens is 234 g/mol. The summed E-state index contributed by atoms with van der Waals surface area (Å²) in [6, 6.07) is 8.48. The minimum absolute atomic E-state index is 1.15. The fourth-order valence-corrected chi connectivity index (χ4v) is 2.77. The Labute approximate surface area is 113 Å². The smallest absolute Gasteiger partial charge is 0.259 e. The van der Waals surface area contributed by atoms with Crippen LogP contribution in [0.4, 0.5) is 0 Å². The van der Waals surface area contributed by atoms with Gasteiger partial charge in [0.1, 0.15) is 5.69 Å². The van der Waals surface area contributed by atoms with Gasteiger partial charge in [-0.15, -0.1) is 0 Å². The second kappa shape index (κ2) is 4.19. The molecule has 0 spiro atoms. The molecule has 2 aromatic heterocycles. The fourth-order valence-electron chi connectivity index (χ4n) is 2.77. The molecule has 3 heteroatoms. The summed E-state index contributed by atoms with van der Waals surface area (Å²) in [5, 5.41) is 0. The van der Waals surface area contributed by atoms with Crippen LogP contribution in [-0.4, -0.2) is 9.55 Å². The number of fused-ring (bicyclic) bond motifs is 1. The number of nitrogens with zero attached hydrogens (tertiary/aromatic N) is 3. The standard InChI is InChI=1S/C16H18N3/c1-11-6-5-7-12(2)16(11)19-13(3)18(4)14-8-9-17-10-15(14)19/h5-10H,1-4H3/q+1. The average molecular weight is 252 g/mol. The van der Waals surface area contributed by atoms with Crippen molar-refractivity contribution in [1.82, 2.24) is 9.55 Å². The molecule has 0 bridgehead atoms. The van der Waals surface area contributed by atoms with Gasteiger partial charge in [0.25, 0.3) is 5.82 Å². The van der Waals surface area contributed by atoms with Gasteiger partial charge in [-0.25, -0.2) is 4.57 Å². The highest BCUT2D eigenvalue weighted by molar-refractivity contribution is 5.74. The summed E-state index contributed by atoms with van der Waals surface area (Å²) in [6.45, 7) is 6.46. The first-order chi connectivity index (χ1) is 9.11. The molecule has 19 heavy (non-hydrogen) atoms. The molecule has 0 amide bonds. The van der Waals surface area contributed by atoms with Crippen LogP contribution in [0.1, 0.15) is 17.0 Å². The van der Waals surface area contributed by atoms with E-state index < -0.39 is 0 Å². The molecule has 0 fully saturated rings. The number of hydrogen-bond acceptors (Lipinski definition) is 1. The van der Waals surface area contributed by atoms with E-state index in [2.05, 4.69) is 66.2 Å². The van der Waals surface area contributed by atoms with Crippen LogP contribution in [0.15, 0.2) is 36.7 Å². The number of para-hydroxylation sites is 1. The second-order valence-corrected chi connectivity index (χ2v) is 5.05. The molecule has 0 radical (unpaired) electrons. The molecule has 96 valence electrons. The van der Waals surface area contributed by atoms with Crippen molar-refractivity contribution in [2.75, 3.05) is 0 Å². The number of aromatic nitrogens is 3. The zero-order chi connectivity index (χ0) is 13.6. The third-order valence-electron chi connectivity index (χ3n) is 3.85. The van der Waals surface area contributed by atoms with E-state index in [9.17, 15) is 0 Å². The molecule has 2 heterocycles. The van der Waals surface area contributed by atoms with Crippen LogP contribution in [0.25, 0.3) is 16.7 Å². The van der Waals surface area contributed by atoms with Gasteiger partial charge in [-0.2, -0.15) is 4.57 Å². The molecule has 0 aliphatic rings. The molecule has 0 unspecified atom stereocenters. The Hall–Kier alpha value is -2.16. The lowest BCUT2D eigenvalue weighted by atomic mass is 10.1. The summed E-state index contributed by atoms with van der Waals surface area (Å²) in [6.07, 6.45) is 3.78. The van der Waals surface area contributed by atoms with Crippen LogP contribution in [0.5, 0.6) is 0 Å². The molecule has 0 saturated carbocycles. The summed E-state index contributed by atoms with van der Waals surface area (Å²) >= 11 is 0. The van der Waals surface area contributed by atoms with E-state index in [4.69, 9.17) is 0 Å². The maximum absolute atomic E-state index is 4.28. The summed E-state index contributed by atoms with van der Waals surface area (Å²) in [4.78, 5) is 4.28. The minimum atomic E-state index is 1.15. The molecular formula is C16H18N3+. The normalized spacial score (nSPS) is 11.2. The van der Waals surface area contributed by atoms with Crippen LogP contribution < -0.4 is 4.57 Å². The average Bonchev–Trinajstić information content (AvgIpc) is 2.64. The highest BCUT2D eigenvalue weighted by atomic mass is 15.2. The van der Waals surface area contributed by atoms with E-state index in [1.54, 1.807) is 0 Å². The highest BCUT2D eigenvalue weighted by Gasteiger charge is 2.23. The van der Waals surface area contributed by atoms with Gasteiger partial charge in [-0.05, 0) is 25.0 Å². The molecule has 0 aliphatic carbocycles. The van der Waals surface area contributed by atoms with Crippen LogP contribution in [0, 0.1) is 20.8 Å². The molecule has 3 aromatic rings. The largest absolute Gasteiger partial charge is 0.260 e. The molecule has 3 nitrogen and oxygen atoms in total. The van der Waals surface area contributed by atoms with Gasteiger partial charge in [0.15, 0.2) is 11.0 Å². The van der Waals surface area contributed by atoms with E-state index in [0.29, 0.717) is 0 Å². The van der Waals surface area contributed by atoms with Crippen molar-refractivity contribution in [3.8, 4) is 5.69 Å². The maximum atomic E-state index is 4.28. The Balaban J connectivity index is 2.47. The molecule has 0 N–H and O–H groups in total. The lowest BCUT2D eigenvalue weighted by molar-refractivity contribution is -0.652. The number of aryl methyl sites for hydroxylation is 3. The van der Waals surface area contributed by atoms with E-state index >= 15 is 0 Å². The minimum Gasteiger partial charge on any atom is -0.260 e. The number of benzene rings is 1. The molecule has 0 aliphatic heterocycles. The van der Waals surface area contributed by atoms with Crippen LogP contribution in [0.3, 0.4) is 0 Å². The zero-order valence-corrected chi connectivity index (χ0v) is 11.8.